The Hall–Kier alpha value is -3.18. The summed E-state index contributed by atoms with van der Waals surface area (Å²) in [7, 11) is 0. The maximum atomic E-state index is 13.1. The summed E-state index contributed by atoms with van der Waals surface area (Å²) in [6, 6.07) is 5.15. The molecule has 3 aromatic rings. The number of nitrogens with one attached hydrogen (secondary N) is 1. The topological polar surface area (TPSA) is 102 Å². The summed E-state index contributed by atoms with van der Waals surface area (Å²) in [5.41, 5.74) is -0.555. The van der Waals surface area contributed by atoms with Crippen molar-refractivity contribution in [2.24, 2.45) is 0 Å². The number of aromatic nitrogens is 4. The molecule has 8 nitrogen and oxygen atoms in total. The molecule has 2 aromatic heterocycles. The van der Waals surface area contributed by atoms with E-state index in [1.54, 1.807) is 40.5 Å². The van der Waals surface area contributed by atoms with Gasteiger partial charge < -0.3 is 10.4 Å². The van der Waals surface area contributed by atoms with E-state index in [9.17, 15) is 22.8 Å². The Morgan fingerprint density at radius 2 is 1.97 bits per heavy atom. The van der Waals surface area contributed by atoms with Crippen molar-refractivity contribution >= 4 is 17.5 Å². The molecule has 0 spiro atoms. The predicted molar refractivity (Wildman–Crippen MR) is 113 cm³/mol. The van der Waals surface area contributed by atoms with E-state index in [2.05, 4.69) is 10.2 Å². The van der Waals surface area contributed by atoms with Gasteiger partial charge in [0.1, 0.15) is 17.3 Å². The van der Waals surface area contributed by atoms with Gasteiger partial charge in [-0.3, -0.25) is 14.3 Å². The third-order valence-corrected chi connectivity index (χ3v) is 5.71. The van der Waals surface area contributed by atoms with Crippen molar-refractivity contribution in [1.29, 1.82) is 0 Å². The van der Waals surface area contributed by atoms with Crippen molar-refractivity contribution in [2.75, 3.05) is 6.61 Å². The zero-order chi connectivity index (χ0) is 23.8. The van der Waals surface area contributed by atoms with E-state index in [0.29, 0.717) is 10.6 Å². The number of carbonyl (C=O) groups is 1. The van der Waals surface area contributed by atoms with Crippen LogP contribution in [-0.2, 0) is 0 Å². The lowest BCUT2D eigenvalue weighted by Crippen LogP contribution is -2.49. The zero-order valence-electron chi connectivity index (χ0n) is 17.1. The highest BCUT2D eigenvalue weighted by atomic mass is 35.5. The van der Waals surface area contributed by atoms with Gasteiger partial charge in [0, 0.05) is 10.6 Å². The second kappa shape index (κ2) is 8.99. The van der Waals surface area contributed by atoms with Gasteiger partial charge in [-0.1, -0.05) is 23.7 Å². The van der Waals surface area contributed by atoms with Crippen LogP contribution in [0.4, 0.5) is 13.2 Å². The Kier molecular flexibility index (Phi) is 6.26. The highest BCUT2D eigenvalue weighted by molar-refractivity contribution is 6.30. The Labute approximate surface area is 190 Å². The molecule has 0 aliphatic heterocycles. The highest BCUT2D eigenvalue weighted by Gasteiger charge is 2.40. The quantitative estimate of drug-likeness (QED) is 0.563. The van der Waals surface area contributed by atoms with Gasteiger partial charge in [-0.15, -0.1) is 0 Å². The molecule has 1 saturated carbocycles. The van der Waals surface area contributed by atoms with Crippen molar-refractivity contribution in [3.8, 4) is 16.9 Å². The summed E-state index contributed by atoms with van der Waals surface area (Å²) in [6.07, 6.45) is 1.09. The first-order valence-electron chi connectivity index (χ1n) is 10.1. The molecule has 1 fully saturated rings. The summed E-state index contributed by atoms with van der Waals surface area (Å²) in [4.78, 5) is 25.7. The summed E-state index contributed by atoms with van der Waals surface area (Å²) >= 11 is 5.92. The van der Waals surface area contributed by atoms with Crippen LogP contribution >= 0.6 is 11.6 Å². The van der Waals surface area contributed by atoms with Crippen molar-refractivity contribution in [3.05, 3.63) is 63.7 Å². The van der Waals surface area contributed by atoms with E-state index >= 15 is 0 Å². The summed E-state index contributed by atoms with van der Waals surface area (Å²) in [6.45, 7) is -1.37. The number of halogens is 4. The average Bonchev–Trinajstić information content (AvgIpc) is 3.19. The highest BCUT2D eigenvalue weighted by Crippen LogP contribution is 2.31. The number of aliphatic hydroxyl groups is 1. The van der Waals surface area contributed by atoms with Gasteiger partial charge in [0.25, 0.3) is 11.5 Å². The van der Waals surface area contributed by atoms with Crippen molar-refractivity contribution in [2.45, 2.75) is 37.5 Å². The average molecular weight is 482 g/mol. The number of rotatable bonds is 6. The number of nitrogens with zero attached hydrogens (tertiary/aromatic N) is 4. The van der Waals surface area contributed by atoms with Gasteiger partial charge in [-0.05, 0) is 37.5 Å². The first-order valence-corrected chi connectivity index (χ1v) is 10.5. The molecule has 12 heteroatoms. The standard InChI is InChI=1S/C21H19ClF3N5O3/c22-13-6-4-12(5-7-13)17-8-16(19(32)27-18(11-31)21(23,24)25)20(33)30(28-17)15-9-26-29(10-15)14-2-1-3-14/h4-10,14,18,31H,1-3,11H2,(H,27,32). The molecule has 1 aliphatic rings. The Morgan fingerprint density at radius 3 is 2.55 bits per heavy atom. The fourth-order valence-electron chi connectivity index (χ4n) is 3.35. The number of carbonyl (C=O) groups excluding carboxylic acids is 1. The molecular weight excluding hydrogens is 463 g/mol. The normalized spacial score (nSPS) is 15.2. The minimum Gasteiger partial charge on any atom is -0.394 e. The lowest BCUT2D eigenvalue weighted by atomic mass is 9.93. The fourth-order valence-corrected chi connectivity index (χ4v) is 3.48. The molecule has 1 amide bonds. The van der Waals surface area contributed by atoms with Crippen LogP contribution in [0, 0.1) is 0 Å². The number of aliphatic hydroxyl groups excluding tert-OH is 1. The van der Waals surface area contributed by atoms with E-state index in [4.69, 9.17) is 16.7 Å². The number of amides is 1. The number of benzene rings is 1. The van der Waals surface area contributed by atoms with Crippen LogP contribution in [0.3, 0.4) is 0 Å². The maximum absolute atomic E-state index is 13.1. The minimum atomic E-state index is -4.89. The fraction of sp³-hybridized carbons (Fsp3) is 0.333. The molecule has 0 radical (unpaired) electrons. The molecule has 1 unspecified atom stereocenters. The summed E-state index contributed by atoms with van der Waals surface area (Å²) in [5.74, 6) is -1.28. The van der Waals surface area contributed by atoms with Gasteiger partial charge >= 0.3 is 6.18 Å². The molecule has 1 aromatic carbocycles. The van der Waals surface area contributed by atoms with Crippen LogP contribution in [0.5, 0.6) is 0 Å². The van der Waals surface area contributed by atoms with E-state index in [1.165, 1.54) is 6.20 Å². The largest absolute Gasteiger partial charge is 0.410 e. The lowest BCUT2D eigenvalue weighted by Gasteiger charge is -2.25. The molecular formula is C21H19ClF3N5O3. The number of alkyl halides is 3. The SMILES string of the molecule is O=C(NC(CO)C(F)(F)F)c1cc(-c2ccc(Cl)cc2)nn(-c2cnn(C3CCC3)c2)c1=O. The second-order valence-electron chi connectivity index (χ2n) is 7.68. The molecule has 2 heterocycles. The van der Waals surface area contributed by atoms with Gasteiger partial charge in [0.15, 0.2) is 0 Å². The van der Waals surface area contributed by atoms with Gasteiger partial charge in [-0.25, -0.2) is 0 Å². The van der Waals surface area contributed by atoms with E-state index in [1.807, 2.05) is 0 Å². The van der Waals surface area contributed by atoms with Crippen LogP contribution in [0.2, 0.25) is 5.02 Å². The molecule has 174 valence electrons. The van der Waals surface area contributed by atoms with Crippen LogP contribution < -0.4 is 10.9 Å². The zero-order valence-corrected chi connectivity index (χ0v) is 17.8. The minimum absolute atomic E-state index is 0.167. The third-order valence-electron chi connectivity index (χ3n) is 5.46. The van der Waals surface area contributed by atoms with Crippen molar-refractivity contribution in [1.82, 2.24) is 24.9 Å². The summed E-state index contributed by atoms with van der Waals surface area (Å²) < 4.78 is 41.8. The molecule has 0 bridgehead atoms. The first-order chi connectivity index (χ1) is 15.7. The van der Waals surface area contributed by atoms with Gasteiger partial charge in [0.05, 0.1) is 30.7 Å². The van der Waals surface area contributed by atoms with Gasteiger partial charge in [-0.2, -0.15) is 28.1 Å². The van der Waals surface area contributed by atoms with Crippen LogP contribution in [0.1, 0.15) is 35.7 Å². The molecule has 1 aliphatic carbocycles. The van der Waals surface area contributed by atoms with Crippen LogP contribution in [0.15, 0.2) is 47.5 Å². The number of hydrogen-bond acceptors (Lipinski definition) is 5. The van der Waals surface area contributed by atoms with E-state index in [-0.39, 0.29) is 17.4 Å². The Balaban J connectivity index is 1.79. The third kappa shape index (κ3) is 4.79. The van der Waals surface area contributed by atoms with Gasteiger partial charge in [0.2, 0.25) is 0 Å². The monoisotopic (exact) mass is 481 g/mol. The maximum Gasteiger partial charge on any atom is 0.410 e. The van der Waals surface area contributed by atoms with E-state index < -0.39 is 35.9 Å². The van der Waals surface area contributed by atoms with Crippen LogP contribution in [-0.4, -0.2) is 49.4 Å². The second-order valence-corrected chi connectivity index (χ2v) is 8.12. The number of hydrogen-bond donors (Lipinski definition) is 2. The molecule has 0 saturated heterocycles. The molecule has 33 heavy (non-hydrogen) atoms. The molecule has 2 N–H and O–H groups in total. The first kappa shape index (κ1) is 23.0. The Morgan fingerprint density at radius 1 is 1.27 bits per heavy atom. The van der Waals surface area contributed by atoms with Crippen molar-refractivity contribution < 1.29 is 23.1 Å². The predicted octanol–water partition coefficient (Wildman–Crippen LogP) is 3.13. The van der Waals surface area contributed by atoms with Crippen LogP contribution in [0.25, 0.3) is 16.9 Å². The summed E-state index contributed by atoms with van der Waals surface area (Å²) in [5, 5.41) is 19.7. The smallest absolute Gasteiger partial charge is 0.394 e. The van der Waals surface area contributed by atoms with E-state index in [0.717, 1.165) is 30.0 Å². The lowest BCUT2D eigenvalue weighted by molar-refractivity contribution is -0.161. The molecule has 4 rings (SSSR count). The molecule has 1 atom stereocenters. The van der Waals surface area contributed by atoms with Crippen molar-refractivity contribution in [3.63, 3.8) is 0 Å². The Bertz CT molecular complexity index is 1220.